The van der Waals surface area contributed by atoms with Crippen LogP contribution in [0.15, 0.2) is 59.0 Å². The minimum atomic E-state index is -0.343. The molecule has 28 heavy (non-hydrogen) atoms. The first-order chi connectivity index (χ1) is 13.5. The minimum Gasteiger partial charge on any atom is -0.461 e. The van der Waals surface area contributed by atoms with Gasteiger partial charge in [-0.2, -0.15) is 0 Å². The van der Waals surface area contributed by atoms with E-state index in [-0.39, 0.29) is 11.8 Å². The summed E-state index contributed by atoms with van der Waals surface area (Å²) in [5.41, 5.74) is 6.53. The van der Waals surface area contributed by atoms with E-state index in [1.54, 1.807) is 17.0 Å². The molecule has 6 heteroatoms. The maximum absolute atomic E-state index is 12.7. The van der Waals surface area contributed by atoms with Crippen LogP contribution >= 0.6 is 0 Å². The Bertz CT molecular complexity index is 1040. The van der Waals surface area contributed by atoms with Crippen LogP contribution < -0.4 is 16.2 Å². The van der Waals surface area contributed by atoms with E-state index in [1.807, 2.05) is 43.3 Å². The largest absolute Gasteiger partial charge is 0.461 e. The number of carbonyl (C=O) groups is 2. The highest BCUT2D eigenvalue weighted by atomic mass is 16.3. The van der Waals surface area contributed by atoms with Gasteiger partial charge in [-0.25, -0.2) is 5.84 Å². The fraction of sp³-hybridized carbons (Fsp3) is 0.182. The number of carbonyl (C=O) groups excluding carboxylic acids is 2. The Hall–Kier alpha value is -3.38. The number of rotatable bonds is 4. The van der Waals surface area contributed by atoms with E-state index in [1.165, 1.54) is 0 Å². The number of anilines is 1. The zero-order valence-corrected chi connectivity index (χ0v) is 15.6. The molecule has 0 atom stereocenters. The summed E-state index contributed by atoms with van der Waals surface area (Å²) in [5.74, 6) is 6.55. The Balaban J connectivity index is 1.65. The summed E-state index contributed by atoms with van der Waals surface area (Å²) in [7, 11) is 0. The molecular formula is C22H21N3O3. The van der Waals surface area contributed by atoms with Crippen LogP contribution in [0.2, 0.25) is 0 Å². The van der Waals surface area contributed by atoms with Crippen LogP contribution in [-0.4, -0.2) is 11.8 Å². The first-order valence-electron chi connectivity index (χ1n) is 9.15. The monoisotopic (exact) mass is 375 g/mol. The van der Waals surface area contributed by atoms with E-state index >= 15 is 0 Å². The topological polar surface area (TPSA) is 88.6 Å². The maximum atomic E-state index is 12.7. The second-order valence-electron chi connectivity index (χ2n) is 6.90. The molecule has 0 fully saturated rings. The van der Waals surface area contributed by atoms with Gasteiger partial charge in [-0.15, -0.1) is 0 Å². The number of nitrogens with zero attached hydrogens (tertiary/aromatic N) is 1. The van der Waals surface area contributed by atoms with Crippen LogP contribution in [0.25, 0.3) is 11.3 Å². The molecule has 142 valence electrons. The molecule has 3 N–H and O–H groups in total. The highest BCUT2D eigenvalue weighted by molar-refractivity contribution is 5.97. The summed E-state index contributed by atoms with van der Waals surface area (Å²) in [6.07, 6.45) is 1.22. The average molecular weight is 375 g/mol. The van der Waals surface area contributed by atoms with Crippen LogP contribution in [0.4, 0.5) is 5.69 Å². The van der Waals surface area contributed by atoms with Crippen molar-refractivity contribution >= 4 is 17.5 Å². The first kappa shape index (κ1) is 18.0. The van der Waals surface area contributed by atoms with Gasteiger partial charge < -0.3 is 9.32 Å². The lowest BCUT2D eigenvalue weighted by Gasteiger charge is -2.30. The lowest BCUT2D eigenvalue weighted by Crippen LogP contribution is -2.34. The van der Waals surface area contributed by atoms with Gasteiger partial charge in [0.2, 0.25) is 5.91 Å². The van der Waals surface area contributed by atoms with E-state index in [0.29, 0.717) is 18.5 Å². The smallest absolute Gasteiger partial charge is 0.265 e. The Morgan fingerprint density at radius 1 is 1.11 bits per heavy atom. The van der Waals surface area contributed by atoms with E-state index in [4.69, 9.17) is 10.3 Å². The number of amides is 2. The zero-order chi connectivity index (χ0) is 19.7. The van der Waals surface area contributed by atoms with E-state index < -0.39 is 0 Å². The fourth-order valence-corrected chi connectivity index (χ4v) is 3.48. The second kappa shape index (κ2) is 7.32. The van der Waals surface area contributed by atoms with Crippen molar-refractivity contribution in [3.05, 3.63) is 77.0 Å². The minimum absolute atomic E-state index is 0.0871. The van der Waals surface area contributed by atoms with E-state index in [0.717, 1.165) is 40.3 Å². The molecule has 1 aromatic heterocycles. The van der Waals surface area contributed by atoms with Gasteiger partial charge in [0.05, 0.1) is 6.54 Å². The third-order valence-corrected chi connectivity index (χ3v) is 5.00. The lowest BCUT2D eigenvalue weighted by molar-refractivity contribution is -0.119. The van der Waals surface area contributed by atoms with Crippen molar-refractivity contribution in [1.82, 2.24) is 5.43 Å². The number of nitrogen functional groups attached to an aromatic ring is 1. The molecule has 1 aliphatic heterocycles. The highest BCUT2D eigenvalue weighted by Crippen LogP contribution is 2.34. The summed E-state index contributed by atoms with van der Waals surface area (Å²) in [5, 5.41) is 0. The SMILES string of the molecule is Cc1ccc(-c2ccc3c(c2)N(Cc2ccc(C(=O)NN)cc2)C(=O)CC3)o1. The standard InChI is InChI=1S/C22H21N3O3/c1-14-2-10-20(28-14)18-8-7-16-9-11-21(26)25(19(16)12-18)13-15-3-5-17(6-4-15)22(27)24-23/h2-8,10,12H,9,11,13,23H2,1H3,(H,24,27). The van der Waals surface area contributed by atoms with Crippen molar-refractivity contribution in [3.8, 4) is 11.3 Å². The van der Waals surface area contributed by atoms with Gasteiger partial charge in [0.25, 0.3) is 5.91 Å². The summed E-state index contributed by atoms with van der Waals surface area (Å²) < 4.78 is 5.74. The summed E-state index contributed by atoms with van der Waals surface area (Å²) in [6.45, 7) is 2.35. The number of fused-ring (bicyclic) bond motifs is 1. The lowest BCUT2D eigenvalue weighted by atomic mass is 9.97. The van der Waals surface area contributed by atoms with Gasteiger partial charge in [-0.05, 0) is 54.8 Å². The molecule has 1 aliphatic rings. The molecule has 6 nitrogen and oxygen atoms in total. The number of aryl methyl sites for hydroxylation is 2. The number of nitrogens with one attached hydrogen (secondary N) is 1. The molecule has 2 amide bonds. The number of hydrogen-bond acceptors (Lipinski definition) is 4. The highest BCUT2D eigenvalue weighted by Gasteiger charge is 2.25. The zero-order valence-electron chi connectivity index (χ0n) is 15.6. The van der Waals surface area contributed by atoms with Gasteiger partial charge >= 0.3 is 0 Å². The molecule has 0 bridgehead atoms. The molecule has 0 unspecified atom stereocenters. The average Bonchev–Trinajstić information content (AvgIpc) is 3.16. The van der Waals surface area contributed by atoms with Crippen molar-refractivity contribution in [2.45, 2.75) is 26.3 Å². The molecular weight excluding hydrogens is 354 g/mol. The number of hydrazine groups is 1. The van der Waals surface area contributed by atoms with Gasteiger partial charge in [0.1, 0.15) is 11.5 Å². The van der Waals surface area contributed by atoms with E-state index in [9.17, 15) is 9.59 Å². The molecule has 3 aromatic rings. The van der Waals surface area contributed by atoms with Gasteiger partial charge in [-0.1, -0.05) is 24.3 Å². The Kier molecular flexibility index (Phi) is 4.71. The molecule has 2 heterocycles. The summed E-state index contributed by atoms with van der Waals surface area (Å²) in [4.78, 5) is 26.1. The number of nitrogens with two attached hydrogens (primary N) is 1. The van der Waals surface area contributed by atoms with Crippen molar-refractivity contribution in [3.63, 3.8) is 0 Å². The van der Waals surface area contributed by atoms with Gasteiger partial charge in [0, 0.05) is 23.2 Å². The predicted octanol–water partition coefficient (Wildman–Crippen LogP) is 3.34. The van der Waals surface area contributed by atoms with Crippen molar-refractivity contribution in [1.29, 1.82) is 0 Å². The normalized spacial score (nSPS) is 13.4. The number of benzene rings is 2. The molecule has 0 saturated carbocycles. The molecule has 0 radical (unpaired) electrons. The van der Waals surface area contributed by atoms with Gasteiger partial charge in [-0.3, -0.25) is 15.0 Å². The Labute approximate surface area is 162 Å². The molecule has 0 saturated heterocycles. The molecule has 2 aromatic carbocycles. The van der Waals surface area contributed by atoms with Gasteiger partial charge in [0.15, 0.2) is 0 Å². The Morgan fingerprint density at radius 2 is 1.89 bits per heavy atom. The Morgan fingerprint density at radius 3 is 2.57 bits per heavy atom. The third-order valence-electron chi connectivity index (χ3n) is 5.00. The van der Waals surface area contributed by atoms with Crippen LogP contribution in [-0.2, 0) is 17.8 Å². The second-order valence-corrected chi connectivity index (χ2v) is 6.90. The van der Waals surface area contributed by atoms with E-state index in [2.05, 4.69) is 11.5 Å². The summed E-state index contributed by atoms with van der Waals surface area (Å²) in [6, 6.07) is 17.1. The van der Waals surface area contributed by atoms with Crippen molar-refractivity contribution in [2.75, 3.05) is 4.90 Å². The number of furan rings is 1. The van der Waals surface area contributed by atoms with Crippen molar-refractivity contribution < 1.29 is 14.0 Å². The predicted molar refractivity (Wildman–Crippen MR) is 106 cm³/mol. The molecule has 0 spiro atoms. The van der Waals surface area contributed by atoms with Crippen molar-refractivity contribution in [2.24, 2.45) is 5.84 Å². The van der Waals surface area contributed by atoms with Crippen LogP contribution in [0.1, 0.15) is 33.7 Å². The fourth-order valence-electron chi connectivity index (χ4n) is 3.48. The summed E-state index contributed by atoms with van der Waals surface area (Å²) >= 11 is 0. The van der Waals surface area contributed by atoms with Crippen LogP contribution in [0.3, 0.4) is 0 Å². The molecule has 4 rings (SSSR count). The quantitative estimate of drug-likeness (QED) is 0.416. The first-order valence-corrected chi connectivity index (χ1v) is 9.15. The maximum Gasteiger partial charge on any atom is 0.265 e. The third kappa shape index (κ3) is 3.42. The van der Waals surface area contributed by atoms with Crippen LogP contribution in [0.5, 0.6) is 0 Å². The van der Waals surface area contributed by atoms with Crippen LogP contribution in [0, 0.1) is 6.92 Å². The number of hydrogen-bond donors (Lipinski definition) is 2. The molecule has 0 aliphatic carbocycles.